The quantitative estimate of drug-likeness (QED) is 0.897. The van der Waals surface area contributed by atoms with Gasteiger partial charge in [0.05, 0.1) is 25.9 Å². The molecule has 3 aliphatic rings. The number of nitrogens with zero attached hydrogens (tertiary/aromatic N) is 1. The van der Waals surface area contributed by atoms with Crippen molar-refractivity contribution in [1.29, 1.82) is 0 Å². The molecule has 23 heavy (non-hydrogen) atoms. The topological polar surface area (TPSA) is 43.0 Å². The fourth-order valence-electron chi connectivity index (χ4n) is 3.40. The van der Waals surface area contributed by atoms with Crippen molar-refractivity contribution in [3.05, 3.63) is 23.8 Å². The number of nitrogens with one attached hydrogen (secondary N) is 1. The molecule has 1 saturated heterocycles. The zero-order valence-corrected chi connectivity index (χ0v) is 13.6. The number of morpholine rings is 1. The Bertz CT molecular complexity index is 533. The van der Waals surface area contributed by atoms with E-state index in [0.29, 0.717) is 6.10 Å². The first kappa shape index (κ1) is 15.2. The molecule has 0 bridgehead atoms. The predicted octanol–water partition coefficient (Wildman–Crippen LogP) is 1.80. The summed E-state index contributed by atoms with van der Waals surface area (Å²) in [5.74, 6) is 1.78. The van der Waals surface area contributed by atoms with Crippen molar-refractivity contribution in [3.8, 4) is 11.5 Å². The van der Waals surface area contributed by atoms with Gasteiger partial charge in [0.25, 0.3) is 0 Å². The van der Waals surface area contributed by atoms with Crippen LogP contribution in [0.1, 0.15) is 24.8 Å². The second-order valence-electron chi connectivity index (χ2n) is 6.64. The SMILES string of the molecule is c1cc(CNCC2CN(C3CC3)CCO2)c2c(c1)OCCCO2. The van der Waals surface area contributed by atoms with E-state index in [1.807, 2.05) is 12.1 Å². The van der Waals surface area contributed by atoms with Crippen molar-refractivity contribution in [3.63, 3.8) is 0 Å². The van der Waals surface area contributed by atoms with Crippen LogP contribution in [-0.4, -0.2) is 56.5 Å². The highest BCUT2D eigenvalue weighted by Crippen LogP contribution is 2.33. The standard InChI is InChI=1S/C18H26N2O3/c1-3-14(18-17(4-1)22-8-2-9-23-18)11-19-12-16-13-20(7-10-21-16)15-5-6-15/h1,3-4,15-16,19H,2,5-13H2. The molecule has 1 aliphatic carbocycles. The van der Waals surface area contributed by atoms with Gasteiger partial charge in [-0.25, -0.2) is 0 Å². The minimum Gasteiger partial charge on any atom is -0.490 e. The smallest absolute Gasteiger partial charge is 0.165 e. The zero-order valence-electron chi connectivity index (χ0n) is 13.6. The van der Waals surface area contributed by atoms with Crippen LogP contribution in [0, 0.1) is 0 Å². The summed E-state index contributed by atoms with van der Waals surface area (Å²) in [5.41, 5.74) is 1.17. The van der Waals surface area contributed by atoms with Gasteiger partial charge in [-0.3, -0.25) is 4.90 Å². The summed E-state index contributed by atoms with van der Waals surface area (Å²) in [6.07, 6.45) is 3.97. The lowest BCUT2D eigenvalue weighted by atomic mass is 10.1. The summed E-state index contributed by atoms with van der Waals surface area (Å²) in [7, 11) is 0. The summed E-state index contributed by atoms with van der Waals surface area (Å²) in [5, 5.41) is 3.53. The molecule has 2 fully saturated rings. The number of rotatable bonds is 5. The minimum absolute atomic E-state index is 0.295. The maximum atomic E-state index is 5.90. The molecule has 1 unspecified atom stereocenters. The molecule has 4 rings (SSSR count). The Labute approximate surface area is 137 Å². The van der Waals surface area contributed by atoms with Crippen molar-refractivity contribution < 1.29 is 14.2 Å². The molecule has 126 valence electrons. The van der Waals surface area contributed by atoms with E-state index >= 15 is 0 Å². The van der Waals surface area contributed by atoms with Gasteiger partial charge < -0.3 is 19.5 Å². The first-order chi connectivity index (χ1) is 11.4. The van der Waals surface area contributed by atoms with Crippen LogP contribution in [0.3, 0.4) is 0 Å². The van der Waals surface area contributed by atoms with E-state index < -0.39 is 0 Å². The first-order valence-electron chi connectivity index (χ1n) is 8.84. The molecule has 1 saturated carbocycles. The number of para-hydroxylation sites is 1. The average Bonchev–Trinajstić information content (AvgIpc) is 3.42. The minimum atomic E-state index is 0.295. The Kier molecular flexibility index (Phi) is 4.69. The van der Waals surface area contributed by atoms with E-state index in [2.05, 4.69) is 16.3 Å². The second kappa shape index (κ2) is 7.07. The van der Waals surface area contributed by atoms with Crippen LogP contribution in [0.15, 0.2) is 18.2 Å². The maximum absolute atomic E-state index is 5.90. The highest BCUT2D eigenvalue weighted by molar-refractivity contribution is 5.47. The van der Waals surface area contributed by atoms with Crippen LogP contribution >= 0.6 is 0 Å². The van der Waals surface area contributed by atoms with Gasteiger partial charge in [-0.2, -0.15) is 0 Å². The molecule has 0 aromatic heterocycles. The lowest BCUT2D eigenvalue weighted by molar-refractivity contribution is -0.0301. The summed E-state index contributed by atoms with van der Waals surface area (Å²) in [6.45, 7) is 6.15. The van der Waals surface area contributed by atoms with Crippen molar-refractivity contribution >= 4 is 0 Å². The number of benzene rings is 1. The lowest BCUT2D eigenvalue weighted by Gasteiger charge is -2.33. The monoisotopic (exact) mass is 318 g/mol. The Morgan fingerprint density at radius 1 is 1.13 bits per heavy atom. The van der Waals surface area contributed by atoms with E-state index in [4.69, 9.17) is 14.2 Å². The van der Waals surface area contributed by atoms with Gasteiger partial charge in [0.1, 0.15) is 0 Å². The highest BCUT2D eigenvalue weighted by Gasteiger charge is 2.32. The third-order valence-corrected chi connectivity index (χ3v) is 4.77. The summed E-state index contributed by atoms with van der Waals surface area (Å²) < 4.78 is 17.5. The first-order valence-corrected chi connectivity index (χ1v) is 8.84. The fraction of sp³-hybridized carbons (Fsp3) is 0.667. The van der Waals surface area contributed by atoms with E-state index in [1.165, 1.54) is 18.4 Å². The number of fused-ring (bicyclic) bond motifs is 1. The summed E-state index contributed by atoms with van der Waals surface area (Å²) in [6, 6.07) is 6.97. The van der Waals surface area contributed by atoms with E-state index in [1.54, 1.807) is 0 Å². The molecule has 0 amide bonds. The molecule has 5 heteroatoms. The Hall–Kier alpha value is -1.30. The predicted molar refractivity (Wildman–Crippen MR) is 88.1 cm³/mol. The van der Waals surface area contributed by atoms with Crippen LogP contribution in [-0.2, 0) is 11.3 Å². The zero-order chi connectivity index (χ0) is 15.5. The van der Waals surface area contributed by atoms with Gasteiger partial charge in [0.15, 0.2) is 11.5 Å². The van der Waals surface area contributed by atoms with Crippen LogP contribution < -0.4 is 14.8 Å². The van der Waals surface area contributed by atoms with E-state index in [0.717, 1.165) is 70.0 Å². The van der Waals surface area contributed by atoms with Gasteiger partial charge in [-0.15, -0.1) is 0 Å². The van der Waals surface area contributed by atoms with E-state index in [-0.39, 0.29) is 0 Å². The molecule has 5 nitrogen and oxygen atoms in total. The largest absolute Gasteiger partial charge is 0.490 e. The van der Waals surface area contributed by atoms with Gasteiger partial charge in [-0.05, 0) is 18.9 Å². The third-order valence-electron chi connectivity index (χ3n) is 4.77. The Morgan fingerprint density at radius 3 is 2.96 bits per heavy atom. The molecule has 1 aromatic carbocycles. The van der Waals surface area contributed by atoms with Crippen molar-refractivity contribution in [2.45, 2.75) is 38.0 Å². The molecular weight excluding hydrogens is 292 g/mol. The molecule has 2 aliphatic heterocycles. The normalized spacial score (nSPS) is 25.1. The molecule has 1 atom stereocenters. The average molecular weight is 318 g/mol. The highest BCUT2D eigenvalue weighted by atomic mass is 16.5. The third kappa shape index (κ3) is 3.79. The van der Waals surface area contributed by atoms with Gasteiger partial charge in [-0.1, -0.05) is 12.1 Å². The molecule has 1 aromatic rings. The maximum Gasteiger partial charge on any atom is 0.165 e. The van der Waals surface area contributed by atoms with Crippen molar-refractivity contribution in [2.24, 2.45) is 0 Å². The fourth-order valence-corrected chi connectivity index (χ4v) is 3.40. The van der Waals surface area contributed by atoms with Crippen molar-refractivity contribution in [1.82, 2.24) is 10.2 Å². The second-order valence-corrected chi connectivity index (χ2v) is 6.64. The molecule has 0 radical (unpaired) electrons. The van der Waals surface area contributed by atoms with Crippen LogP contribution in [0.25, 0.3) is 0 Å². The van der Waals surface area contributed by atoms with E-state index in [9.17, 15) is 0 Å². The molecular formula is C18H26N2O3. The van der Waals surface area contributed by atoms with Crippen molar-refractivity contribution in [2.75, 3.05) is 39.5 Å². The van der Waals surface area contributed by atoms with Crippen LogP contribution in [0.2, 0.25) is 0 Å². The summed E-state index contributed by atoms with van der Waals surface area (Å²) >= 11 is 0. The molecule has 1 N–H and O–H groups in total. The summed E-state index contributed by atoms with van der Waals surface area (Å²) in [4.78, 5) is 2.58. The Balaban J connectivity index is 1.31. The number of hydrogen-bond acceptors (Lipinski definition) is 5. The van der Waals surface area contributed by atoms with Crippen LogP contribution in [0.5, 0.6) is 11.5 Å². The van der Waals surface area contributed by atoms with Gasteiger partial charge in [0.2, 0.25) is 0 Å². The van der Waals surface area contributed by atoms with Gasteiger partial charge >= 0.3 is 0 Å². The molecule has 0 spiro atoms. The Morgan fingerprint density at radius 2 is 2.04 bits per heavy atom. The molecule has 2 heterocycles. The lowest BCUT2D eigenvalue weighted by Crippen LogP contribution is -2.47. The van der Waals surface area contributed by atoms with Gasteiger partial charge in [0, 0.05) is 44.2 Å². The number of ether oxygens (including phenoxy) is 3. The number of hydrogen-bond donors (Lipinski definition) is 1. The van der Waals surface area contributed by atoms with Crippen LogP contribution in [0.4, 0.5) is 0 Å².